The van der Waals surface area contributed by atoms with Crippen molar-refractivity contribution in [2.45, 2.75) is 44.4 Å². The second kappa shape index (κ2) is 15.7. The Morgan fingerprint density at radius 2 is 1.89 bits per heavy atom. The summed E-state index contributed by atoms with van der Waals surface area (Å²) in [6.45, 7) is 0.943. The third-order valence-corrected chi connectivity index (χ3v) is 8.30. The lowest BCUT2D eigenvalue weighted by atomic mass is 10.00. The van der Waals surface area contributed by atoms with Crippen molar-refractivity contribution in [3.63, 3.8) is 0 Å². The van der Waals surface area contributed by atoms with Crippen LogP contribution in [0.3, 0.4) is 0 Å². The molecule has 11 nitrogen and oxygen atoms in total. The Morgan fingerprint density at radius 3 is 2.68 bits per heavy atom. The number of aromatic hydroxyl groups is 1. The molecule has 0 saturated carbocycles. The number of phenolic OH excluding ortho intramolecular Hbond substituents is 1. The van der Waals surface area contributed by atoms with Gasteiger partial charge in [0.15, 0.2) is 11.5 Å². The molecule has 250 valence electrons. The Morgan fingerprint density at radius 1 is 1.06 bits per heavy atom. The smallest absolute Gasteiger partial charge is 0.260 e. The average Bonchev–Trinajstić information content (AvgIpc) is 3.06. The largest absolute Gasteiger partial charge is 0.507 e. The van der Waals surface area contributed by atoms with Crippen molar-refractivity contribution in [2.24, 2.45) is 0 Å². The maximum Gasteiger partial charge on any atom is 0.260 e. The molecule has 0 aliphatic carbocycles. The van der Waals surface area contributed by atoms with Crippen molar-refractivity contribution in [2.75, 3.05) is 47.0 Å². The van der Waals surface area contributed by atoms with Crippen LogP contribution in [0, 0.1) is 5.82 Å². The number of likely N-dealkylation sites (tertiary alicyclic amines) is 1. The number of methoxy groups -OCH3 is 2. The van der Waals surface area contributed by atoms with Crippen LogP contribution in [0.25, 0.3) is 0 Å². The summed E-state index contributed by atoms with van der Waals surface area (Å²) < 4.78 is 37.8. The van der Waals surface area contributed by atoms with E-state index in [4.69, 9.17) is 18.9 Å². The summed E-state index contributed by atoms with van der Waals surface area (Å²) in [5, 5.41) is 13.2. The zero-order chi connectivity index (χ0) is 33.3. The van der Waals surface area contributed by atoms with Crippen molar-refractivity contribution in [1.82, 2.24) is 15.1 Å². The fraction of sp³-hybridized carbons (Fsp3) is 0.400. The van der Waals surface area contributed by atoms with Gasteiger partial charge in [0.25, 0.3) is 5.91 Å². The molecule has 3 aliphatic heterocycles. The number of halogens is 1. The van der Waals surface area contributed by atoms with E-state index < -0.39 is 41.1 Å². The van der Waals surface area contributed by atoms with Crippen LogP contribution in [0.5, 0.6) is 23.0 Å². The predicted molar refractivity (Wildman–Crippen MR) is 170 cm³/mol. The van der Waals surface area contributed by atoms with Gasteiger partial charge in [-0.15, -0.1) is 0 Å². The van der Waals surface area contributed by atoms with Gasteiger partial charge >= 0.3 is 0 Å². The van der Waals surface area contributed by atoms with Crippen molar-refractivity contribution in [3.8, 4) is 23.0 Å². The zero-order valence-electron chi connectivity index (χ0n) is 26.6. The first kappa shape index (κ1) is 33.7. The van der Waals surface area contributed by atoms with Gasteiger partial charge in [0, 0.05) is 39.8 Å². The Labute approximate surface area is 273 Å². The first-order valence-corrected chi connectivity index (χ1v) is 15.6. The molecule has 0 radical (unpaired) electrons. The SMILES string of the molecule is COCCCN1CC(=O)N[C@H]2CN(C(=O)c3c(O)cccc3F)CC[C@H]2OCc2cccc(c2)Oc2ccc(cc2OC)CCC1=O. The van der Waals surface area contributed by atoms with Crippen molar-refractivity contribution < 1.29 is 42.8 Å². The van der Waals surface area contributed by atoms with E-state index in [0.29, 0.717) is 49.7 Å². The second-order valence-corrected chi connectivity index (χ2v) is 11.6. The molecule has 4 bridgehead atoms. The van der Waals surface area contributed by atoms with E-state index in [1.807, 2.05) is 36.4 Å². The van der Waals surface area contributed by atoms with Crippen LogP contribution >= 0.6 is 0 Å². The highest BCUT2D eigenvalue weighted by molar-refractivity contribution is 5.97. The van der Waals surface area contributed by atoms with Gasteiger partial charge in [0.05, 0.1) is 32.4 Å². The number of piperidine rings is 1. The lowest BCUT2D eigenvalue weighted by molar-refractivity contribution is -0.137. The maximum absolute atomic E-state index is 14.6. The number of nitrogens with one attached hydrogen (secondary N) is 1. The average molecular weight is 650 g/mol. The van der Waals surface area contributed by atoms with Gasteiger partial charge in [-0.2, -0.15) is 0 Å². The van der Waals surface area contributed by atoms with E-state index in [9.17, 15) is 23.9 Å². The number of carbonyl (C=O) groups excluding carboxylic acids is 3. The number of hydrogen-bond donors (Lipinski definition) is 2. The van der Waals surface area contributed by atoms with Gasteiger partial charge in [0.2, 0.25) is 11.8 Å². The van der Waals surface area contributed by atoms with Crippen LogP contribution in [0.15, 0.2) is 60.7 Å². The number of fused-ring (bicyclic) bond motifs is 9. The van der Waals surface area contributed by atoms with Crippen LogP contribution in [0.1, 0.15) is 40.7 Å². The monoisotopic (exact) mass is 649 g/mol. The minimum absolute atomic E-state index is 0.0115. The molecule has 3 aromatic rings. The molecule has 0 aromatic heterocycles. The summed E-state index contributed by atoms with van der Waals surface area (Å²) in [5.41, 5.74) is 1.27. The highest BCUT2D eigenvalue weighted by Gasteiger charge is 2.35. The van der Waals surface area contributed by atoms with E-state index in [-0.39, 0.29) is 38.6 Å². The fourth-order valence-corrected chi connectivity index (χ4v) is 5.84. The normalized spacial score (nSPS) is 19.1. The molecule has 3 heterocycles. The third-order valence-electron chi connectivity index (χ3n) is 8.30. The van der Waals surface area contributed by atoms with Crippen LogP contribution in [-0.4, -0.2) is 91.8 Å². The summed E-state index contributed by atoms with van der Waals surface area (Å²) in [6.07, 6.45) is 0.953. The maximum atomic E-state index is 14.6. The predicted octanol–water partition coefficient (Wildman–Crippen LogP) is 4.06. The van der Waals surface area contributed by atoms with Crippen LogP contribution in [-0.2, 0) is 32.1 Å². The minimum Gasteiger partial charge on any atom is -0.507 e. The third kappa shape index (κ3) is 8.57. The number of benzene rings is 3. The Kier molecular flexibility index (Phi) is 11.3. The van der Waals surface area contributed by atoms with Crippen molar-refractivity contribution >= 4 is 17.7 Å². The molecule has 0 unspecified atom stereocenters. The molecule has 1 fully saturated rings. The molecule has 0 spiro atoms. The van der Waals surface area contributed by atoms with Gasteiger partial charge in [-0.3, -0.25) is 14.4 Å². The molecular weight excluding hydrogens is 609 g/mol. The van der Waals surface area contributed by atoms with Crippen molar-refractivity contribution in [1.29, 1.82) is 0 Å². The molecule has 2 N–H and O–H groups in total. The lowest BCUT2D eigenvalue weighted by Gasteiger charge is -2.39. The summed E-state index contributed by atoms with van der Waals surface area (Å²) >= 11 is 0. The molecule has 47 heavy (non-hydrogen) atoms. The molecule has 2 atom stereocenters. The highest BCUT2D eigenvalue weighted by Crippen LogP contribution is 2.33. The Balaban J connectivity index is 1.42. The summed E-state index contributed by atoms with van der Waals surface area (Å²) in [4.78, 5) is 43.2. The first-order valence-electron chi connectivity index (χ1n) is 15.6. The minimum atomic E-state index is -0.835. The highest BCUT2D eigenvalue weighted by atomic mass is 19.1. The zero-order valence-corrected chi connectivity index (χ0v) is 26.6. The number of aryl methyl sites for hydroxylation is 1. The van der Waals surface area contributed by atoms with E-state index in [1.165, 1.54) is 21.9 Å². The molecule has 12 heteroatoms. The van der Waals surface area contributed by atoms with Crippen LogP contribution < -0.4 is 14.8 Å². The topological polar surface area (TPSA) is 127 Å². The number of ether oxygens (including phenoxy) is 4. The van der Waals surface area contributed by atoms with Gasteiger partial charge in [-0.25, -0.2) is 4.39 Å². The summed E-state index contributed by atoms with van der Waals surface area (Å²) in [5.74, 6) is -0.981. The fourth-order valence-electron chi connectivity index (χ4n) is 5.84. The van der Waals surface area contributed by atoms with Crippen molar-refractivity contribution in [3.05, 3.63) is 83.2 Å². The number of phenols is 1. The number of carbonyl (C=O) groups is 3. The lowest BCUT2D eigenvalue weighted by Crippen LogP contribution is -2.58. The van der Waals surface area contributed by atoms with Crippen LogP contribution in [0.2, 0.25) is 0 Å². The number of rotatable bonds is 6. The first-order chi connectivity index (χ1) is 22.7. The van der Waals surface area contributed by atoms with Gasteiger partial charge in [-0.05, 0) is 66.8 Å². The Hall–Kier alpha value is -4.68. The Bertz CT molecular complexity index is 1560. The molecule has 3 aromatic carbocycles. The van der Waals surface area contributed by atoms with E-state index >= 15 is 0 Å². The summed E-state index contributed by atoms with van der Waals surface area (Å²) in [6, 6.07) is 16.0. The molecule has 1 saturated heterocycles. The van der Waals surface area contributed by atoms with Gasteiger partial charge < -0.3 is 39.2 Å². The summed E-state index contributed by atoms with van der Waals surface area (Å²) in [7, 11) is 3.13. The number of hydrogen-bond acceptors (Lipinski definition) is 8. The second-order valence-electron chi connectivity index (χ2n) is 11.6. The van der Waals surface area contributed by atoms with Gasteiger partial charge in [0.1, 0.15) is 22.9 Å². The molecular formula is C35H40FN3O8. The van der Waals surface area contributed by atoms with E-state index in [0.717, 1.165) is 17.2 Å². The molecule has 3 amide bonds. The number of nitrogens with zero attached hydrogens (tertiary/aromatic N) is 2. The molecule has 6 rings (SSSR count). The number of amides is 3. The quantitative estimate of drug-likeness (QED) is 0.383. The van der Waals surface area contributed by atoms with E-state index in [1.54, 1.807) is 20.3 Å². The van der Waals surface area contributed by atoms with Crippen LogP contribution in [0.4, 0.5) is 4.39 Å². The van der Waals surface area contributed by atoms with Gasteiger partial charge in [-0.1, -0.05) is 24.3 Å². The molecule has 3 aliphatic rings. The standard InChI is InChI=1S/C35H40FN3O8/c1-44-17-5-15-38-21-32(41)37-27-20-39(35(43)34-26(36)8-4-9-28(34)40)16-14-29(27)46-22-24-6-3-7-25(18-24)47-30-12-10-23(11-13-33(38)42)19-31(30)45-2/h3-4,6-10,12,18-19,27,29,40H,5,11,13-17,20-22H2,1-2H3,(H,37,41)/t27-,29+/m0/s1. The van der Waals surface area contributed by atoms with E-state index in [2.05, 4.69) is 5.32 Å².